The van der Waals surface area contributed by atoms with Gasteiger partial charge in [-0.3, -0.25) is 24.0 Å². The molecule has 0 radical (unpaired) electrons. The van der Waals surface area contributed by atoms with Gasteiger partial charge in [0.05, 0.1) is 6.04 Å². The minimum absolute atomic E-state index is 0.0556. The van der Waals surface area contributed by atoms with E-state index in [1.807, 2.05) is 40.7 Å². The van der Waals surface area contributed by atoms with Crippen LogP contribution in [0.1, 0.15) is 84.5 Å². The predicted molar refractivity (Wildman–Crippen MR) is 169 cm³/mol. The van der Waals surface area contributed by atoms with Gasteiger partial charge in [0, 0.05) is 24.6 Å². The van der Waals surface area contributed by atoms with Crippen molar-refractivity contribution in [2.75, 3.05) is 6.54 Å². The second kappa shape index (κ2) is 12.9. The van der Waals surface area contributed by atoms with Crippen molar-refractivity contribution < 1.29 is 28.8 Å². The largest absolute Gasteiger partial charge is 0.363 e. The third kappa shape index (κ3) is 7.73. The number of hydrogen-bond acceptors (Lipinski definition) is 6. The SMILES string of the molecule is CC(C)[C@@H](CC(=O)c1ccccc1)NC(=O)N[C@H](C(=O)N1CC2[C@@H]([C@H]1C(=O)N[C@@H](CC1CC1)C(=O)C(N)=O)C2(C)C)C(C)(C)C. The number of nitrogens with one attached hydrogen (secondary N) is 3. The summed E-state index contributed by atoms with van der Waals surface area (Å²) >= 11 is 0. The number of urea groups is 1. The van der Waals surface area contributed by atoms with Gasteiger partial charge >= 0.3 is 6.03 Å². The number of amides is 5. The number of piperidine rings is 1. The molecule has 1 saturated heterocycles. The molecule has 4 rings (SSSR count). The Labute approximate surface area is 265 Å². The van der Waals surface area contributed by atoms with Gasteiger partial charge in [-0.1, -0.05) is 91.6 Å². The van der Waals surface area contributed by atoms with Crippen molar-refractivity contribution in [3.8, 4) is 0 Å². The normalized spacial score (nSPS) is 23.7. The van der Waals surface area contributed by atoms with Crippen LogP contribution < -0.4 is 21.7 Å². The van der Waals surface area contributed by atoms with Gasteiger partial charge in [0.2, 0.25) is 17.6 Å². The van der Waals surface area contributed by atoms with E-state index in [1.54, 1.807) is 24.3 Å². The van der Waals surface area contributed by atoms with Crippen molar-refractivity contribution in [1.82, 2.24) is 20.9 Å². The first kappa shape index (κ1) is 34.1. The molecule has 0 bridgehead atoms. The lowest BCUT2D eigenvalue weighted by molar-refractivity contribution is -0.145. The maximum atomic E-state index is 14.2. The molecule has 3 fully saturated rings. The molecule has 1 heterocycles. The fraction of sp³-hybridized carbons (Fsp3) is 0.647. The summed E-state index contributed by atoms with van der Waals surface area (Å²) in [5.74, 6) is -2.78. The number of hydrogen-bond donors (Lipinski definition) is 4. The average molecular weight is 624 g/mol. The van der Waals surface area contributed by atoms with Gasteiger partial charge in [0.15, 0.2) is 5.78 Å². The Kier molecular flexibility index (Phi) is 9.80. The van der Waals surface area contributed by atoms with Gasteiger partial charge in [-0.15, -0.1) is 0 Å². The van der Waals surface area contributed by atoms with E-state index in [1.165, 1.54) is 4.90 Å². The molecule has 2 saturated carbocycles. The van der Waals surface area contributed by atoms with E-state index in [0.717, 1.165) is 12.8 Å². The maximum Gasteiger partial charge on any atom is 0.315 e. The summed E-state index contributed by atoms with van der Waals surface area (Å²) in [6.07, 6.45) is 2.27. The fourth-order valence-electron chi connectivity index (χ4n) is 6.71. The quantitative estimate of drug-likeness (QED) is 0.195. The smallest absolute Gasteiger partial charge is 0.315 e. The molecular formula is C34H49N5O6. The van der Waals surface area contributed by atoms with E-state index in [4.69, 9.17) is 5.73 Å². The molecule has 0 spiro atoms. The van der Waals surface area contributed by atoms with Crippen LogP contribution in [-0.4, -0.2) is 70.9 Å². The Morgan fingerprint density at radius 3 is 2.13 bits per heavy atom. The first-order valence-electron chi connectivity index (χ1n) is 16.0. The Morgan fingerprint density at radius 2 is 1.60 bits per heavy atom. The zero-order valence-electron chi connectivity index (χ0n) is 27.5. The van der Waals surface area contributed by atoms with Crippen LogP contribution in [0, 0.1) is 34.5 Å². The van der Waals surface area contributed by atoms with Gasteiger partial charge in [0.25, 0.3) is 5.91 Å². The number of ketones is 2. The van der Waals surface area contributed by atoms with E-state index in [2.05, 4.69) is 29.8 Å². The zero-order valence-corrected chi connectivity index (χ0v) is 27.5. The molecule has 45 heavy (non-hydrogen) atoms. The summed E-state index contributed by atoms with van der Waals surface area (Å²) in [6, 6.07) is 4.95. The molecule has 5 N–H and O–H groups in total. The number of benzene rings is 1. The van der Waals surface area contributed by atoms with Crippen molar-refractivity contribution >= 4 is 35.3 Å². The summed E-state index contributed by atoms with van der Waals surface area (Å²) in [6.45, 7) is 13.8. The highest BCUT2D eigenvalue weighted by molar-refractivity contribution is 6.37. The number of Topliss-reactive ketones (excluding diaryl/α,β-unsaturated/α-hetero) is 2. The van der Waals surface area contributed by atoms with Crippen molar-refractivity contribution in [3.05, 3.63) is 35.9 Å². The van der Waals surface area contributed by atoms with Gasteiger partial charge in [-0.25, -0.2) is 4.79 Å². The summed E-state index contributed by atoms with van der Waals surface area (Å²) in [5.41, 5.74) is 4.95. The van der Waals surface area contributed by atoms with Crippen molar-refractivity contribution in [2.24, 2.45) is 40.2 Å². The third-order valence-corrected chi connectivity index (χ3v) is 9.91. The monoisotopic (exact) mass is 623 g/mol. The molecule has 0 aromatic heterocycles. The summed E-state index contributed by atoms with van der Waals surface area (Å²) in [4.78, 5) is 80.2. The molecular weight excluding hydrogens is 574 g/mol. The molecule has 1 aliphatic heterocycles. The lowest BCUT2D eigenvalue weighted by Crippen LogP contribution is -2.62. The average Bonchev–Trinajstić information content (AvgIpc) is 3.81. The van der Waals surface area contributed by atoms with Gasteiger partial charge in [0.1, 0.15) is 12.1 Å². The standard InChI is InChI=1S/C34H49N5O6/c1-18(2)22(16-24(40)20-11-9-8-10-12-20)37-32(45)38-28(33(3,4)5)31(44)39-17-21-25(34(21,6)7)26(39)30(43)36-23(15-19-13-14-19)27(41)29(35)42/h8-12,18-19,21-23,25-26,28H,13-17H2,1-7H3,(H2,35,42)(H,36,43)(H2,37,38,45)/t21?,22-,23+,25+,26+,28-/m1/s1. The van der Waals surface area contributed by atoms with E-state index in [9.17, 15) is 28.8 Å². The number of nitrogens with zero attached hydrogens (tertiary/aromatic N) is 1. The van der Waals surface area contributed by atoms with E-state index in [-0.39, 0.29) is 41.3 Å². The van der Waals surface area contributed by atoms with Crippen LogP contribution in [0.2, 0.25) is 0 Å². The summed E-state index contributed by atoms with van der Waals surface area (Å²) in [5, 5.41) is 8.52. The molecule has 1 aromatic carbocycles. The molecule has 6 atom stereocenters. The van der Waals surface area contributed by atoms with E-state index in [0.29, 0.717) is 18.5 Å². The lowest BCUT2D eigenvalue weighted by Gasteiger charge is -2.38. The van der Waals surface area contributed by atoms with Crippen molar-refractivity contribution in [3.63, 3.8) is 0 Å². The van der Waals surface area contributed by atoms with E-state index < -0.39 is 59.1 Å². The van der Waals surface area contributed by atoms with Crippen LogP contribution in [0.5, 0.6) is 0 Å². The predicted octanol–water partition coefficient (Wildman–Crippen LogP) is 2.82. The highest BCUT2D eigenvalue weighted by Crippen LogP contribution is 2.65. The van der Waals surface area contributed by atoms with Crippen LogP contribution >= 0.6 is 0 Å². The first-order valence-corrected chi connectivity index (χ1v) is 16.0. The first-order chi connectivity index (χ1) is 20.9. The Morgan fingerprint density at radius 1 is 0.978 bits per heavy atom. The molecule has 1 unspecified atom stereocenters. The van der Waals surface area contributed by atoms with Crippen molar-refractivity contribution in [1.29, 1.82) is 0 Å². The highest BCUT2D eigenvalue weighted by Gasteiger charge is 2.70. The number of rotatable bonds is 13. The number of nitrogens with two attached hydrogens (primary N) is 1. The second-order valence-electron chi connectivity index (χ2n) is 15.1. The van der Waals surface area contributed by atoms with E-state index >= 15 is 0 Å². The van der Waals surface area contributed by atoms with Crippen LogP contribution in [-0.2, 0) is 19.2 Å². The van der Waals surface area contributed by atoms with Gasteiger partial charge < -0.3 is 26.6 Å². The minimum Gasteiger partial charge on any atom is -0.363 e. The lowest BCUT2D eigenvalue weighted by atomic mass is 9.85. The van der Waals surface area contributed by atoms with Crippen molar-refractivity contribution in [2.45, 2.75) is 98.3 Å². The number of fused-ring (bicyclic) bond motifs is 1. The van der Waals surface area contributed by atoms with Gasteiger partial charge in [-0.2, -0.15) is 0 Å². The van der Waals surface area contributed by atoms with Crippen LogP contribution in [0.25, 0.3) is 0 Å². The second-order valence-corrected chi connectivity index (χ2v) is 15.1. The number of carbonyl (C=O) groups excluding carboxylic acids is 6. The highest BCUT2D eigenvalue weighted by atomic mass is 16.2. The zero-order chi connectivity index (χ0) is 33.4. The number of likely N-dealkylation sites (tertiary alicyclic amines) is 1. The number of carbonyl (C=O) groups is 6. The Balaban J connectivity index is 1.50. The van der Waals surface area contributed by atoms with Crippen LogP contribution in [0.3, 0.4) is 0 Å². The molecule has 11 nitrogen and oxygen atoms in total. The van der Waals surface area contributed by atoms with Crippen LogP contribution in [0.15, 0.2) is 30.3 Å². The fourth-order valence-corrected chi connectivity index (χ4v) is 6.71. The molecule has 11 heteroatoms. The third-order valence-electron chi connectivity index (χ3n) is 9.91. The molecule has 2 aliphatic carbocycles. The molecule has 3 aliphatic rings. The molecule has 1 aromatic rings. The van der Waals surface area contributed by atoms with Gasteiger partial charge in [-0.05, 0) is 40.9 Å². The summed E-state index contributed by atoms with van der Waals surface area (Å²) in [7, 11) is 0. The topological polar surface area (TPSA) is 168 Å². The Hall–Kier alpha value is -3.76. The maximum absolute atomic E-state index is 14.2. The van der Waals surface area contributed by atoms with Crippen LogP contribution in [0.4, 0.5) is 4.79 Å². The summed E-state index contributed by atoms with van der Waals surface area (Å²) < 4.78 is 0. The minimum atomic E-state index is -1.10. The Bertz CT molecular complexity index is 1330. The number of primary amides is 1. The molecule has 5 amide bonds. The molecule has 246 valence electrons.